The predicted molar refractivity (Wildman–Crippen MR) is 144 cm³/mol. The molecule has 192 valence electrons. The van der Waals surface area contributed by atoms with E-state index in [0.717, 1.165) is 21.6 Å². The number of ketones is 1. The minimum absolute atomic E-state index is 0.0140. The monoisotopic (exact) mass is 528 g/mol. The van der Waals surface area contributed by atoms with E-state index in [9.17, 15) is 19.8 Å². The van der Waals surface area contributed by atoms with Gasteiger partial charge in [0.2, 0.25) is 0 Å². The molecule has 1 saturated heterocycles. The maximum Gasteiger partial charge on any atom is 0.301 e. The van der Waals surface area contributed by atoms with Gasteiger partial charge in [-0.15, -0.1) is 0 Å². The van der Waals surface area contributed by atoms with E-state index in [0.29, 0.717) is 28.2 Å². The summed E-state index contributed by atoms with van der Waals surface area (Å²) in [5.74, 6) is -1.08. The van der Waals surface area contributed by atoms with Crippen LogP contribution in [0.1, 0.15) is 35.2 Å². The molecule has 8 nitrogen and oxygen atoms in total. The van der Waals surface area contributed by atoms with Crippen LogP contribution in [0.5, 0.6) is 17.2 Å². The second-order valence-corrected chi connectivity index (χ2v) is 10.5. The fraction of sp³-hybridized carbons (Fsp3) is 0.207. The summed E-state index contributed by atoms with van der Waals surface area (Å²) < 4.78 is 11.9. The second kappa shape index (κ2) is 8.88. The number of carbonyl (C=O) groups is 2. The van der Waals surface area contributed by atoms with Gasteiger partial charge in [-0.25, -0.2) is 4.98 Å². The highest BCUT2D eigenvalue weighted by Crippen LogP contribution is 2.46. The molecule has 2 unspecified atom stereocenters. The summed E-state index contributed by atoms with van der Waals surface area (Å²) in [5, 5.41) is 22.0. The van der Waals surface area contributed by atoms with E-state index in [2.05, 4.69) is 4.98 Å². The first-order valence-electron chi connectivity index (χ1n) is 12.1. The van der Waals surface area contributed by atoms with E-state index < -0.39 is 17.7 Å². The van der Waals surface area contributed by atoms with Crippen molar-refractivity contribution in [2.45, 2.75) is 32.4 Å². The maximum absolute atomic E-state index is 13.5. The molecule has 38 heavy (non-hydrogen) atoms. The Balaban J connectivity index is 1.55. The molecule has 2 aliphatic heterocycles. The van der Waals surface area contributed by atoms with Gasteiger partial charge < -0.3 is 19.7 Å². The molecule has 3 aromatic carbocycles. The number of carbonyl (C=O) groups excluding carboxylic acids is 2. The van der Waals surface area contributed by atoms with Crippen molar-refractivity contribution in [2.75, 3.05) is 12.0 Å². The maximum atomic E-state index is 13.5. The molecule has 1 aromatic heterocycles. The number of rotatable bonds is 4. The molecule has 0 saturated carbocycles. The fourth-order valence-corrected chi connectivity index (χ4v) is 6.15. The number of anilines is 1. The molecule has 0 spiro atoms. The number of aromatic nitrogens is 1. The third-order valence-corrected chi connectivity index (χ3v) is 7.89. The van der Waals surface area contributed by atoms with Gasteiger partial charge in [0.25, 0.3) is 5.78 Å². The summed E-state index contributed by atoms with van der Waals surface area (Å²) in [6.45, 7) is 3.93. The van der Waals surface area contributed by atoms with Crippen LogP contribution in [0.4, 0.5) is 5.13 Å². The third kappa shape index (κ3) is 3.78. The van der Waals surface area contributed by atoms with Gasteiger partial charge in [-0.1, -0.05) is 23.5 Å². The molecule has 6 rings (SSSR count). The average Bonchev–Trinajstić information content (AvgIpc) is 3.56. The summed E-state index contributed by atoms with van der Waals surface area (Å²) >= 11 is 1.29. The van der Waals surface area contributed by atoms with Crippen LogP contribution in [0.15, 0.2) is 60.2 Å². The van der Waals surface area contributed by atoms with Crippen LogP contribution in [0.25, 0.3) is 16.0 Å². The van der Waals surface area contributed by atoms with Gasteiger partial charge in [0.1, 0.15) is 17.6 Å². The molecule has 3 heterocycles. The van der Waals surface area contributed by atoms with E-state index in [1.54, 1.807) is 30.3 Å². The van der Waals surface area contributed by atoms with Crippen molar-refractivity contribution in [3.05, 3.63) is 82.4 Å². The number of benzene rings is 3. The van der Waals surface area contributed by atoms with Crippen molar-refractivity contribution in [3.63, 3.8) is 0 Å². The average molecular weight is 529 g/mol. The number of thiazole rings is 1. The molecular weight excluding hydrogens is 504 g/mol. The molecule has 2 atom stereocenters. The Morgan fingerprint density at radius 1 is 1.13 bits per heavy atom. The number of fused-ring (bicyclic) bond motifs is 2. The molecule has 1 amide bonds. The Labute approximate surface area is 222 Å². The fourth-order valence-electron chi connectivity index (χ4n) is 5.06. The summed E-state index contributed by atoms with van der Waals surface area (Å²) in [6.07, 6.45) is 0.689. The number of aryl methyl sites for hydroxylation is 1. The number of phenolic OH excluding ortho intramolecular Hbond substituents is 1. The van der Waals surface area contributed by atoms with Crippen molar-refractivity contribution < 1.29 is 29.3 Å². The number of nitrogens with zero attached hydrogens (tertiary/aromatic N) is 2. The van der Waals surface area contributed by atoms with Crippen LogP contribution in [0.2, 0.25) is 0 Å². The molecule has 0 aliphatic carbocycles. The van der Waals surface area contributed by atoms with Crippen LogP contribution in [0.3, 0.4) is 0 Å². The first-order chi connectivity index (χ1) is 18.2. The van der Waals surface area contributed by atoms with Gasteiger partial charge in [-0.2, -0.15) is 0 Å². The number of aromatic hydroxyl groups is 1. The lowest BCUT2D eigenvalue weighted by Gasteiger charge is -2.23. The molecule has 2 N–H and O–H groups in total. The number of hydrogen-bond donors (Lipinski definition) is 2. The highest BCUT2D eigenvalue weighted by Gasteiger charge is 2.48. The zero-order chi connectivity index (χ0) is 26.7. The van der Waals surface area contributed by atoms with Crippen LogP contribution in [0, 0.1) is 6.92 Å². The van der Waals surface area contributed by atoms with Gasteiger partial charge in [0.15, 0.2) is 16.6 Å². The van der Waals surface area contributed by atoms with Crippen molar-refractivity contribution in [1.29, 1.82) is 0 Å². The summed E-state index contributed by atoms with van der Waals surface area (Å²) in [5.41, 5.74) is 3.49. The standard InChI is InChI=1S/C29H24N2O6S/c1-14-4-7-19-23(10-14)38-29(30-19)31-25(16-5-8-20(32)22(13-16)36-3)24(27(34)28(31)35)26(33)17-6-9-21-18(12-17)11-15(2)37-21/h4-10,12-13,15,25,32-33H,11H2,1-3H3. The van der Waals surface area contributed by atoms with Crippen molar-refractivity contribution >= 4 is 44.1 Å². The summed E-state index contributed by atoms with van der Waals surface area (Å²) in [7, 11) is 1.42. The molecule has 4 aromatic rings. The van der Waals surface area contributed by atoms with Gasteiger partial charge in [-0.05, 0) is 73.0 Å². The first kappa shape index (κ1) is 24.0. The number of Topliss-reactive ketones (excluding diaryl/α,β-unsaturated/α-hetero) is 1. The Kier molecular flexibility index (Phi) is 5.61. The van der Waals surface area contributed by atoms with E-state index in [4.69, 9.17) is 9.47 Å². The summed E-state index contributed by atoms with van der Waals surface area (Å²) in [4.78, 5) is 33.0. The number of amides is 1. The zero-order valence-electron chi connectivity index (χ0n) is 20.9. The normalized spacial score (nSPS) is 20.1. The smallest absolute Gasteiger partial charge is 0.301 e. The van der Waals surface area contributed by atoms with Crippen molar-refractivity contribution in [1.82, 2.24) is 4.98 Å². The largest absolute Gasteiger partial charge is 0.507 e. The zero-order valence-corrected chi connectivity index (χ0v) is 21.7. The second-order valence-electron chi connectivity index (χ2n) is 9.52. The minimum atomic E-state index is -0.991. The van der Waals surface area contributed by atoms with Crippen molar-refractivity contribution in [2.24, 2.45) is 0 Å². The highest BCUT2D eigenvalue weighted by atomic mass is 32.1. The topological polar surface area (TPSA) is 109 Å². The number of ether oxygens (including phenoxy) is 2. The number of methoxy groups -OCH3 is 1. The molecule has 0 bridgehead atoms. The number of hydrogen-bond acceptors (Lipinski definition) is 8. The Bertz CT molecular complexity index is 1670. The minimum Gasteiger partial charge on any atom is -0.507 e. The highest BCUT2D eigenvalue weighted by molar-refractivity contribution is 7.22. The number of aliphatic hydroxyl groups is 1. The van der Waals surface area contributed by atoms with Gasteiger partial charge in [0.05, 0.1) is 28.9 Å². The van der Waals surface area contributed by atoms with E-state index in [-0.39, 0.29) is 28.9 Å². The van der Waals surface area contributed by atoms with Crippen LogP contribution in [-0.4, -0.2) is 40.1 Å². The van der Waals surface area contributed by atoms with Gasteiger partial charge in [-0.3, -0.25) is 14.5 Å². The Hall–Kier alpha value is -4.37. The molecule has 1 fully saturated rings. The summed E-state index contributed by atoms with van der Waals surface area (Å²) in [6, 6.07) is 14.6. The third-order valence-electron chi connectivity index (χ3n) is 6.87. The Morgan fingerprint density at radius 2 is 1.95 bits per heavy atom. The van der Waals surface area contributed by atoms with E-state index in [1.807, 2.05) is 32.0 Å². The van der Waals surface area contributed by atoms with Crippen molar-refractivity contribution in [3.8, 4) is 17.2 Å². The van der Waals surface area contributed by atoms with E-state index in [1.165, 1.54) is 29.4 Å². The first-order valence-corrected chi connectivity index (χ1v) is 12.9. The van der Waals surface area contributed by atoms with Crippen LogP contribution >= 0.6 is 11.3 Å². The number of phenols is 1. The number of aliphatic hydroxyl groups excluding tert-OH is 1. The van der Waals surface area contributed by atoms with Crippen LogP contribution < -0.4 is 14.4 Å². The lowest BCUT2D eigenvalue weighted by atomic mass is 9.94. The SMILES string of the molecule is COc1cc(C2C(=C(O)c3ccc4c(c3)CC(C)O4)C(=O)C(=O)N2c2nc3ccc(C)cc3s2)ccc1O. The quantitative estimate of drug-likeness (QED) is 0.211. The van der Waals surface area contributed by atoms with Gasteiger partial charge >= 0.3 is 5.91 Å². The lowest BCUT2D eigenvalue weighted by molar-refractivity contribution is -0.132. The molecular formula is C29H24N2O6S. The lowest BCUT2D eigenvalue weighted by Crippen LogP contribution is -2.29. The van der Waals surface area contributed by atoms with Crippen LogP contribution in [-0.2, 0) is 16.0 Å². The molecule has 0 radical (unpaired) electrons. The van der Waals surface area contributed by atoms with E-state index >= 15 is 0 Å². The van der Waals surface area contributed by atoms with Gasteiger partial charge in [0, 0.05) is 12.0 Å². The molecule has 9 heteroatoms. The Morgan fingerprint density at radius 3 is 2.74 bits per heavy atom. The predicted octanol–water partition coefficient (Wildman–Crippen LogP) is 5.27. The molecule has 2 aliphatic rings.